The summed E-state index contributed by atoms with van der Waals surface area (Å²) in [6.45, 7) is 2.39. The van der Waals surface area contributed by atoms with Gasteiger partial charge in [-0.1, -0.05) is 78.4 Å². The number of aliphatic hydroxyl groups is 2. The number of nitrogens with one attached hydrogen (secondary N) is 1. The zero-order chi connectivity index (χ0) is 21.8. The van der Waals surface area contributed by atoms with Crippen LogP contribution in [0.1, 0.15) is 40.7 Å². The molecule has 1 aliphatic rings. The molecule has 0 aromatic heterocycles. The van der Waals surface area contributed by atoms with Crippen LogP contribution in [-0.2, 0) is 4.74 Å². The quantitative estimate of drug-likeness (QED) is 0.535. The van der Waals surface area contributed by atoms with E-state index in [1.54, 1.807) is 6.07 Å². The van der Waals surface area contributed by atoms with Gasteiger partial charge in [0, 0.05) is 12.5 Å². The van der Waals surface area contributed by atoms with E-state index < -0.39 is 18.3 Å². The normalized spacial score (nSPS) is 14.4. The summed E-state index contributed by atoms with van der Waals surface area (Å²) in [4.78, 5) is 12.2. The van der Waals surface area contributed by atoms with E-state index >= 15 is 0 Å². The number of hydrogen-bond acceptors (Lipinski definition) is 4. The standard InChI is InChI=1S/C26H27NO4/c1-17-7-6-8-18(15-17)25(29)24(28)13-14-27-26(30)31-16-23-21-11-4-2-9-19(21)20-10-3-5-12-22(20)23/h2-12,15,23-25,28-29H,13-14,16H2,1H3,(H,27,30). The third kappa shape index (κ3) is 4.63. The van der Waals surface area contributed by atoms with Crippen molar-refractivity contribution in [3.05, 3.63) is 95.1 Å². The zero-order valence-corrected chi connectivity index (χ0v) is 17.5. The Morgan fingerprint density at radius 1 is 0.968 bits per heavy atom. The van der Waals surface area contributed by atoms with E-state index in [4.69, 9.17) is 4.74 Å². The van der Waals surface area contributed by atoms with E-state index in [9.17, 15) is 15.0 Å². The largest absolute Gasteiger partial charge is 0.449 e. The first-order chi connectivity index (χ1) is 15.0. The second-order valence-electron chi connectivity index (χ2n) is 7.97. The summed E-state index contributed by atoms with van der Waals surface area (Å²) in [7, 11) is 0. The first-order valence-corrected chi connectivity index (χ1v) is 10.6. The van der Waals surface area contributed by atoms with Crippen LogP contribution in [0.2, 0.25) is 0 Å². The van der Waals surface area contributed by atoms with Crippen molar-refractivity contribution in [2.75, 3.05) is 13.2 Å². The number of ether oxygens (including phenoxy) is 1. The lowest BCUT2D eigenvalue weighted by atomic mass is 9.98. The molecular weight excluding hydrogens is 390 g/mol. The van der Waals surface area contributed by atoms with Crippen LogP contribution in [0, 0.1) is 6.92 Å². The summed E-state index contributed by atoms with van der Waals surface area (Å²) in [5.74, 6) is 0.00637. The van der Waals surface area contributed by atoms with Gasteiger partial charge in [-0.25, -0.2) is 4.79 Å². The lowest BCUT2D eigenvalue weighted by Crippen LogP contribution is -2.30. The molecule has 3 N–H and O–H groups in total. The number of benzene rings is 3. The van der Waals surface area contributed by atoms with E-state index in [0.717, 1.165) is 16.7 Å². The Balaban J connectivity index is 1.28. The van der Waals surface area contributed by atoms with Gasteiger partial charge in [0.2, 0.25) is 0 Å². The number of alkyl carbamates (subject to hydrolysis) is 1. The van der Waals surface area contributed by atoms with Crippen molar-refractivity contribution in [1.29, 1.82) is 0 Å². The fourth-order valence-corrected chi connectivity index (χ4v) is 4.21. The highest BCUT2D eigenvalue weighted by Gasteiger charge is 2.29. The van der Waals surface area contributed by atoms with Gasteiger partial charge in [-0.2, -0.15) is 0 Å². The van der Waals surface area contributed by atoms with Gasteiger partial charge >= 0.3 is 6.09 Å². The Hall–Kier alpha value is -3.15. The molecule has 0 radical (unpaired) electrons. The number of carbonyl (C=O) groups is 1. The van der Waals surface area contributed by atoms with Gasteiger partial charge < -0.3 is 20.3 Å². The minimum atomic E-state index is -0.996. The molecule has 0 bridgehead atoms. The van der Waals surface area contributed by atoms with Gasteiger partial charge in [-0.05, 0) is 41.2 Å². The van der Waals surface area contributed by atoms with Crippen molar-refractivity contribution in [2.24, 2.45) is 0 Å². The molecule has 5 nitrogen and oxygen atoms in total. The third-order valence-corrected chi connectivity index (χ3v) is 5.80. The first-order valence-electron chi connectivity index (χ1n) is 10.6. The lowest BCUT2D eigenvalue weighted by molar-refractivity contribution is 0.0136. The number of rotatable bonds is 7. The Kier molecular flexibility index (Phi) is 6.35. The number of carbonyl (C=O) groups excluding carboxylic acids is 1. The minimum absolute atomic E-state index is 0.00637. The zero-order valence-electron chi connectivity index (χ0n) is 17.5. The molecule has 0 aliphatic heterocycles. The molecule has 0 spiro atoms. The van der Waals surface area contributed by atoms with Gasteiger partial charge in [0.25, 0.3) is 0 Å². The summed E-state index contributed by atoms with van der Waals surface area (Å²) in [6.07, 6.45) is -2.28. The highest BCUT2D eigenvalue weighted by Crippen LogP contribution is 2.44. The van der Waals surface area contributed by atoms with Crippen LogP contribution in [-0.4, -0.2) is 35.6 Å². The van der Waals surface area contributed by atoms with Crippen LogP contribution in [0.4, 0.5) is 4.79 Å². The predicted octanol–water partition coefficient (Wildman–Crippen LogP) is 4.32. The number of aliphatic hydroxyl groups excluding tert-OH is 2. The van der Waals surface area contributed by atoms with Crippen molar-refractivity contribution in [3.8, 4) is 11.1 Å². The number of hydrogen-bond donors (Lipinski definition) is 3. The highest BCUT2D eigenvalue weighted by molar-refractivity contribution is 5.79. The van der Waals surface area contributed by atoms with E-state index in [2.05, 4.69) is 29.6 Å². The first kappa shape index (κ1) is 21.1. The second-order valence-corrected chi connectivity index (χ2v) is 7.97. The monoisotopic (exact) mass is 417 g/mol. The minimum Gasteiger partial charge on any atom is -0.449 e. The predicted molar refractivity (Wildman–Crippen MR) is 120 cm³/mol. The molecule has 31 heavy (non-hydrogen) atoms. The summed E-state index contributed by atoms with van der Waals surface area (Å²) < 4.78 is 5.49. The Morgan fingerprint density at radius 3 is 2.26 bits per heavy atom. The SMILES string of the molecule is Cc1cccc(C(O)C(O)CCNC(=O)OCC2c3ccccc3-c3ccccc32)c1. The van der Waals surface area contributed by atoms with E-state index in [1.807, 2.05) is 49.4 Å². The topological polar surface area (TPSA) is 78.8 Å². The van der Waals surface area contributed by atoms with Crippen LogP contribution in [0.15, 0.2) is 72.8 Å². The summed E-state index contributed by atoms with van der Waals surface area (Å²) >= 11 is 0. The maximum atomic E-state index is 12.2. The van der Waals surface area contributed by atoms with Gasteiger partial charge in [0.1, 0.15) is 12.7 Å². The molecule has 0 fully saturated rings. The molecule has 2 unspecified atom stereocenters. The summed E-state index contributed by atoms with van der Waals surface area (Å²) in [5, 5.41) is 23.2. The number of amides is 1. The summed E-state index contributed by atoms with van der Waals surface area (Å²) in [5.41, 5.74) is 6.36. The van der Waals surface area contributed by atoms with Gasteiger partial charge in [-0.15, -0.1) is 0 Å². The second kappa shape index (κ2) is 9.33. The van der Waals surface area contributed by atoms with Crippen LogP contribution in [0.25, 0.3) is 11.1 Å². The van der Waals surface area contributed by atoms with Crippen molar-refractivity contribution in [1.82, 2.24) is 5.32 Å². The number of fused-ring (bicyclic) bond motifs is 3. The average Bonchev–Trinajstić information content (AvgIpc) is 3.11. The molecule has 160 valence electrons. The Bertz CT molecular complexity index is 1020. The highest BCUT2D eigenvalue weighted by atomic mass is 16.5. The van der Waals surface area contributed by atoms with Crippen LogP contribution in [0.5, 0.6) is 0 Å². The molecule has 1 aliphatic carbocycles. The summed E-state index contributed by atoms with van der Waals surface area (Å²) in [6, 6.07) is 23.8. The molecule has 0 saturated heterocycles. The van der Waals surface area contributed by atoms with E-state index in [-0.39, 0.29) is 25.5 Å². The molecule has 3 aromatic carbocycles. The average molecular weight is 418 g/mol. The molecule has 0 saturated carbocycles. The van der Waals surface area contributed by atoms with Gasteiger partial charge in [0.15, 0.2) is 0 Å². The van der Waals surface area contributed by atoms with E-state index in [0.29, 0.717) is 5.56 Å². The van der Waals surface area contributed by atoms with Gasteiger partial charge in [-0.3, -0.25) is 0 Å². The van der Waals surface area contributed by atoms with Gasteiger partial charge in [0.05, 0.1) is 6.10 Å². The molecule has 4 rings (SSSR count). The van der Waals surface area contributed by atoms with Crippen molar-refractivity contribution < 1.29 is 19.7 Å². The number of aryl methyl sites for hydroxylation is 1. The van der Waals surface area contributed by atoms with Crippen LogP contribution >= 0.6 is 0 Å². The maximum absolute atomic E-state index is 12.2. The smallest absolute Gasteiger partial charge is 0.407 e. The third-order valence-electron chi connectivity index (χ3n) is 5.80. The fourth-order valence-electron chi connectivity index (χ4n) is 4.21. The van der Waals surface area contributed by atoms with Crippen molar-refractivity contribution in [2.45, 2.75) is 31.5 Å². The maximum Gasteiger partial charge on any atom is 0.407 e. The molecule has 0 heterocycles. The lowest BCUT2D eigenvalue weighted by Gasteiger charge is -2.19. The molecule has 5 heteroatoms. The van der Waals surface area contributed by atoms with Crippen LogP contribution < -0.4 is 5.32 Å². The fraction of sp³-hybridized carbons (Fsp3) is 0.269. The molecule has 1 amide bonds. The molecular formula is C26H27NO4. The van der Waals surface area contributed by atoms with Crippen molar-refractivity contribution in [3.63, 3.8) is 0 Å². The van der Waals surface area contributed by atoms with Crippen molar-refractivity contribution >= 4 is 6.09 Å². The van der Waals surface area contributed by atoms with E-state index in [1.165, 1.54) is 11.1 Å². The molecule has 3 aromatic rings. The molecule has 2 atom stereocenters. The Morgan fingerprint density at radius 2 is 1.61 bits per heavy atom. The Labute approximate surface area is 182 Å². The van der Waals surface area contributed by atoms with Crippen LogP contribution in [0.3, 0.4) is 0 Å².